The van der Waals surface area contributed by atoms with E-state index in [1.165, 1.54) is 24.4 Å². The molecule has 0 fully saturated rings. The second-order valence-corrected chi connectivity index (χ2v) is 8.99. The van der Waals surface area contributed by atoms with Crippen LogP contribution in [-0.2, 0) is 10.1 Å². The van der Waals surface area contributed by atoms with Crippen molar-refractivity contribution in [3.63, 3.8) is 0 Å². The van der Waals surface area contributed by atoms with Crippen molar-refractivity contribution < 1.29 is 22.1 Å². The maximum Gasteiger partial charge on any atom is 0.339 e. The van der Waals surface area contributed by atoms with Gasteiger partial charge in [-0.2, -0.15) is 13.5 Å². The van der Waals surface area contributed by atoms with Crippen molar-refractivity contribution in [2.24, 2.45) is 5.10 Å². The van der Waals surface area contributed by atoms with Crippen LogP contribution in [0.3, 0.4) is 0 Å². The molecule has 0 aliphatic carbocycles. The zero-order valence-electron chi connectivity index (χ0n) is 16.5. The van der Waals surface area contributed by atoms with Crippen LogP contribution < -0.4 is 14.3 Å². The first kappa shape index (κ1) is 22.8. The van der Waals surface area contributed by atoms with E-state index in [1.54, 1.807) is 55.5 Å². The molecule has 0 unspecified atom stereocenters. The van der Waals surface area contributed by atoms with Crippen LogP contribution in [0.5, 0.6) is 11.5 Å². The van der Waals surface area contributed by atoms with Crippen LogP contribution in [0.15, 0.2) is 82.8 Å². The SMILES string of the molecule is CCOc1cc(/C=N\NC(=O)c2cccc(I)c2)ccc1OS(=O)(=O)c1ccccc1. The first-order valence-corrected chi connectivity index (χ1v) is 11.7. The van der Waals surface area contributed by atoms with Gasteiger partial charge in [0.25, 0.3) is 5.91 Å². The Kier molecular flexibility index (Phi) is 7.64. The molecule has 0 atom stereocenters. The molecule has 9 heteroatoms. The average molecular weight is 550 g/mol. The number of amides is 1. The van der Waals surface area contributed by atoms with Crippen molar-refractivity contribution in [3.05, 3.63) is 87.5 Å². The number of carbonyl (C=O) groups excluding carboxylic acids is 1. The lowest BCUT2D eigenvalue weighted by Gasteiger charge is -2.12. The number of hydrogen-bond acceptors (Lipinski definition) is 6. The summed E-state index contributed by atoms with van der Waals surface area (Å²) >= 11 is 2.13. The van der Waals surface area contributed by atoms with E-state index < -0.39 is 10.1 Å². The molecule has 3 aromatic carbocycles. The first-order chi connectivity index (χ1) is 14.9. The van der Waals surface area contributed by atoms with Gasteiger partial charge in [-0.15, -0.1) is 0 Å². The molecule has 7 nitrogen and oxygen atoms in total. The Bertz CT molecular complexity index is 1200. The molecule has 0 spiro atoms. The summed E-state index contributed by atoms with van der Waals surface area (Å²) < 4.78 is 36.7. The molecule has 0 heterocycles. The highest BCUT2D eigenvalue weighted by atomic mass is 127. The lowest BCUT2D eigenvalue weighted by Crippen LogP contribution is -2.17. The van der Waals surface area contributed by atoms with Crippen LogP contribution in [0.25, 0.3) is 0 Å². The van der Waals surface area contributed by atoms with Gasteiger partial charge in [-0.25, -0.2) is 5.43 Å². The van der Waals surface area contributed by atoms with Gasteiger partial charge in [0.05, 0.1) is 12.8 Å². The fraction of sp³-hybridized carbons (Fsp3) is 0.0909. The van der Waals surface area contributed by atoms with Gasteiger partial charge in [-0.3, -0.25) is 4.79 Å². The Hall–Kier alpha value is -2.92. The fourth-order valence-electron chi connectivity index (χ4n) is 2.56. The molecular weight excluding hydrogens is 531 g/mol. The maximum absolute atomic E-state index is 12.5. The van der Waals surface area contributed by atoms with Crippen molar-refractivity contribution in [1.29, 1.82) is 0 Å². The molecular formula is C22H19IN2O5S. The second kappa shape index (κ2) is 10.4. The van der Waals surface area contributed by atoms with E-state index in [-0.39, 0.29) is 22.3 Å². The van der Waals surface area contributed by atoms with Gasteiger partial charge >= 0.3 is 10.1 Å². The summed E-state index contributed by atoms with van der Waals surface area (Å²) in [6, 6.07) is 19.6. The van der Waals surface area contributed by atoms with Gasteiger partial charge in [0, 0.05) is 9.13 Å². The minimum atomic E-state index is -4.00. The van der Waals surface area contributed by atoms with Gasteiger partial charge < -0.3 is 8.92 Å². The van der Waals surface area contributed by atoms with Crippen molar-refractivity contribution in [3.8, 4) is 11.5 Å². The first-order valence-electron chi connectivity index (χ1n) is 9.24. The zero-order valence-corrected chi connectivity index (χ0v) is 19.5. The average Bonchev–Trinajstić information content (AvgIpc) is 2.76. The third-order valence-corrected chi connectivity index (χ3v) is 5.88. The van der Waals surface area contributed by atoms with Crippen LogP contribution in [0.2, 0.25) is 0 Å². The Labute approximate surface area is 194 Å². The Morgan fingerprint density at radius 3 is 2.52 bits per heavy atom. The van der Waals surface area contributed by atoms with Crippen molar-refractivity contribution >= 4 is 44.8 Å². The molecule has 0 aliphatic heterocycles. The van der Waals surface area contributed by atoms with E-state index >= 15 is 0 Å². The highest BCUT2D eigenvalue weighted by Crippen LogP contribution is 2.30. The maximum atomic E-state index is 12.5. The van der Waals surface area contributed by atoms with E-state index in [9.17, 15) is 13.2 Å². The van der Waals surface area contributed by atoms with Crippen LogP contribution in [-0.4, -0.2) is 27.1 Å². The largest absolute Gasteiger partial charge is 0.490 e. The molecule has 1 N–H and O–H groups in total. The van der Waals surface area contributed by atoms with Crippen LogP contribution in [0.1, 0.15) is 22.8 Å². The molecule has 3 aromatic rings. The Morgan fingerprint density at radius 1 is 1.03 bits per heavy atom. The number of hydrazone groups is 1. The number of rotatable bonds is 8. The lowest BCUT2D eigenvalue weighted by molar-refractivity contribution is 0.0955. The van der Waals surface area contributed by atoms with Crippen molar-refractivity contribution in [2.45, 2.75) is 11.8 Å². The number of carbonyl (C=O) groups is 1. The molecule has 0 aliphatic rings. The molecule has 0 saturated heterocycles. The van der Waals surface area contributed by atoms with Crippen molar-refractivity contribution in [2.75, 3.05) is 6.61 Å². The highest BCUT2D eigenvalue weighted by Gasteiger charge is 2.19. The normalized spacial score (nSPS) is 11.3. The molecule has 31 heavy (non-hydrogen) atoms. The number of ether oxygens (including phenoxy) is 1. The number of nitrogens with zero attached hydrogens (tertiary/aromatic N) is 1. The van der Waals surface area contributed by atoms with E-state index in [1.807, 2.05) is 6.07 Å². The summed E-state index contributed by atoms with van der Waals surface area (Å²) in [4.78, 5) is 12.2. The summed E-state index contributed by atoms with van der Waals surface area (Å²) in [5, 5.41) is 3.96. The standard InChI is InChI=1S/C22H19IN2O5S/c1-2-29-21-13-16(15-24-25-22(26)17-7-6-8-18(23)14-17)11-12-20(21)30-31(27,28)19-9-4-3-5-10-19/h3-15H,2H2,1H3,(H,25,26)/b24-15-. The number of nitrogens with one attached hydrogen (secondary N) is 1. The lowest BCUT2D eigenvalue weighted by atomic mass is 10.2. The fourth-order valence-corrected chi connectivity index (χ4v) is 4.06. The monoisotopic (exact) mass is 550 g/mol. The zero-order chi connectivity index (χ0) is 22.3. The summed E-state index contributed by atoms with van der Waals surface area (Å²) in [6.07, 6.45) is 1.43. The van der Waals surface area contributed by atoms with Crippen molar-refractivity contribution in [1.82, 2.24) is 5.43 Å². The Balaban J connectivity index is 1.75. The molecule has 0 saturated carbocycles. The van der Waals surface area contributed by atoms with Gasteiger partial charge in [0.2, 0.25) is 0 Å². The number of halogens is 1. The van der Waals surface area contributed by atoms with E-state index in [4.69, 9.17) is 8.92 Å². The molecule has 0 aromatic heterocycles. The van der Waals surface area contributed by atoms with Gasteiger partial charge in [0.1, 0.15) is 4.90 Å². The number of hydrogen-bond donors (Lipinski definition) is 1. The predicted octanol–water partition coefficient (Wildman–Crippen LogP) is 4.22. The van der Waals surface area contributed by atoms with Gasteiger partial charge in [-0.05, 0) is 83.6 Å². The predicted molar refractivity (Wildman–Crippen MR) is 126 cm³/mol. The molecule has 0 bridgehead atoms. The van der Waals surface area contributed by atoms with Crippen LogP contribution in [0.4, 0.5) is 0 Å². The molecule has 3 rings (SSSR count). The third kappa shape index (κ3) is 6.28. The molecule has 0 radical (unpaired) electrons. The Morgan fingerprint density at radius 2 is 1.81 bits per heavy atom. The molecule has 1 amide bonds. The molecule has 160 valence electrons. The summed E-state index contributed by atoms with van der Waals surface area (Å²) in [5.74, 6) is -0.0330. The minimum absolute atomic E-state index is 0.0429. The van der Waals surface area contributed by atoms with Crippen LogP contribution >= 0.6 is 22.6 Å². The highest BCUT2D eigenvalue weighted by molar-refractivity contribution is 14.1. The quantitative estimate of drug-likeness (QED) is 0.196. The number of benzene rings is 3. The topological polar surface area (TPSA) is 94.1 Å². The van der Waals surface area contributed by atoms with Crippen LogP contribution in [0, 0.1) is 3.57 Å². The minimum Gasteiger partial charge on any atom is -0.490 e. The summed E-state index contributed by atoms with van der Waals surface area (Å²) in [6.45, 7) is 2.09. The summed E-state index contributed by atoms with van der Waals surface area (Å²) in [5.41, 5.74) is 3.55. The third-order valence-electron chi connectivity index (χ3n) is 3.97. The second-order valence-electron chi connectivity index (χ2n) is 6.20. The summed E-state index contributed by atoms with van der Waals surface area (Å²) in [7, 11) is -4.00. The van der Waals surface area contributed by atoms with E-state index in [0.29, 0.717) is 17.7 Å². The smallest absolute Gasteiger partial charge is 0.339 e. The van der Waals surface area contributed by atoms with E-state index in [2.05, 4.69) is 33.1 Å². The van der Waals surface area contributed by atoms with Gasteiger partial charge in [0.15, 0.2) is 11.5 Å². The van der Waals surface area contributed by atoms with Gasteiger partial charge in [-0.1, -0.05) is 24.3 Å². The van der Waals surface area contributed by atoms with E-state index in [0.717, 1.165) is 3.57 Å².